The average Bonchev–Trinajstić information content (AvgIpc) is 1.94. The number of rotatable bonds is 2. The van der Waals surface area contributed by atoms with Crippen LogP contribution in [-0.2, 0) is 4.57 Å². The van der Waals surface area contributed by atoms with Crippen molar-refractivity contribution in [3.63, 3.8) is 0 Å². The van der Waals surface area contributed by atoms with Crippen LogP contribution in [0.15, 0.2) is 24.3 Å². The Balaban J connectivity index is 0.000001000. The van der Waals surface area contributed by atoms with Crippen LogP contribution in [0.3, 0.4) is 0 Å². The van der Waals surface area contributed by atoms with Crippen LogP contribution in [0.5, 0.6) is 5.75 Å². The van der Waals surface area contributed by atoms with Gasteiger partial charge in [-0.15, -0.1) is 0 Å². The summed E-state index contributed by atoms with van der Waals surface area (Å²) in [6, 6.07) is 7.50. The van der Waals surface area contributed by atoms with Crippen molar-refractivity contribution >= 4 is 26.0 Å². The lowest BCUT2D eigenvalue weighted by atomic mass is 10.2. The fraction of sp³-hybridized carbons (Fsp3) is 0.143. The van der Waals surface area contributed by atoms with Gasteiger partial charge in [-0.2, -0.15) is 0 Å². The fourth-order valence-corrected chi connectivity index (χ4v) is 1.11. The van der Waals surface area contributed by atoms with Crippen LogP contribution in [0.25, 0.3) is 0 Å². The van der Waals surface area contributed by atoms with Gasteiger partial charge in [0.05, 0.1) is 0 Å². The van der Waals surface area contributed by atoms with Gasteiger partial charge in [0.15, 0.2) is 17.4 Å². The van der Waals surface area contributed by atoms with E-state index in [0.29, 0.717) is 5.75 Å². The van der Waals surface area contributed by atoms with E-state index >= 15 is 0 Å². The highest BCUT2D eigenvalue weighted by Crippen LogP contribution is 2.19. The van der Waals surface area contributed by atoms with E-state index in [2.05, 4.69) is 0 Å². The molecule has 0 bridgehead atoms. The predicted molar refractivity (Wildman–Crippen MR) is 52.1 cm³/mol. The van der Waals surface area contributed by atoms with E-state index in [1.807, 2.05) is 25.1 Å². The van der Waals surface area contributed by atoms with Gasteiger partial charge in [0.25, 0.3) is 0 Å². The van der Waals surface area contributed by atoms with E-state index in [-0.39, 0.29) is 17.4 Å². The van der Waals surface area contributed by atoms with Crippen molar-refractivity contribution in [2.24, 2.45) is 0 Å². The zero-order valence-electron chi connectivity index (χ0n) is 5.70. The molecule has 1 rings (SSSR count). The molecule has 0 aromatic heterocycles. The molecular weight excluding hydrogens is 174 g/mol. The molecule has 0 aliphatic carbocycles. The topological polar surface area (TPSA) is 26.3 Å². The van der Waals surface area contributed by atoms with E-state index in [9.17, 15) is 4.57 Å². The third-order valence-corrected chi connectivity index (χ3v) is 1.62. The summed E-state index contributed by atoms with van der Waals surface area (Å²) in [5.74, 6) is 0.715. The first-order chi connectivity index (χ1) is 4.84. The Labute approximate surface area is 78.0 Å². The van der Waals surface area contributed by atoms with Gasteiger partial charge in [-0.1, -0.05) is 18.2 Å². The number of aryl methyl sites for hydroxylation is 1. The molecule has 4 heteroatoms. The van der Waals surface area contributed by atoms with Crippen molar-refractivity contribution in [3.05, 3.63) is 29.8 Å². The molecule has 1 atom stereocenters. The maximum absolute atomic E-state index is 10.1. The lowest BCUT2D eigenvalue weighted by Crippen LogP contribution is -1.78. The second-order valence-corrected chi connectivity index (χ2v) is 2.41. The van der Waals surface area contributed by atoms with Crippen molar-refractivity contribution in [2.45, 2.75) is 6.92 Å². The normalized spacial score (nSPS) is 9.55. The minimum atomic E-state index is -1.14. The Hall–Kier alpha value is -0.218. The van der Waals surface area contributed by atoms with Gasteiger partial charge in [0, 0.05) is 0 Å². The van der Waals surface area contributed by atoms with Crippen molar-refractivity contribution < 1.29 is 9.09 Å². The first-order valence-electron chi connectivity index (χ1n) is 3.00. The van der Waals surface area contributed by atoms with Crippen LogP contribution >= 0.6 is 8.69 Å². The first kappa shape index (κ1) is 10.8. The van der Waals surface area contributed by atoms with Crippen LogP contribution in [0.1, 0.15) is 5.56 Å². The van der Waals surface area contributed by atoms with Gasteiger partial charge in [0.2, 0.25) is 8.69 Å². The van der Waals surface area contributed by atoms with Crippen LogP contribution in [-0.4, -0.2) is 17.4 Å². The van der Waals surface area contributed by atoms with Gasteiger partial charge >= 0.3 is 0 Å². The standard InChI is InChI=1S/C7H9O2P.Al.3H/c1-6-4-2-3-5-7(6)9-10-8;;;;/h2-5H,10H2,1H3;;;;. The molecule has 2 nitrogen and oxygen atoms in total. The van der Waals surface area contributed by atoms with Crippen molar-refractivity contribution in [1.29, 1.82) is 0 Å². The molecule has 0 fully saturated rings. The second-order valence-electron chi connectivity index (χ2n) is 1.98. The minimum absolute atomic E-state index is 0. The molecule has 0 aliphatic rings. The lowest BCUT2D eigenvalue weighted by molar-refractivity contribution is 0.523. The fourth-order valence-electron chi connectivity index (χ4n) is 0.740. The summed E-state index contributed by atoms with van der Waals surface area (Å²) >= 11 is 0. The molecule has 1 aromatic rings. The summed E-state index contributed by atoms with van der Waals surface area (Å²) in [4.78, 5) is 0. The monoisotopic (exact) mass is 186 g/mol. The van der Waals surface area contributed by atoms with Gasteiger partial charge in [-0.3, -0.25) is 4.57 Å². The molecule has 1 unspecified atom stereocenters. The Bertz CT molecular complexity index is 240. The minimum Gasteiger partial charge on any atom is -0.447 e. The molecule has 0 amide bonds. The number of para-hydroxylation sites is 1. The zero-order valence-corrected chi connectivity index (χ0v) is 6.86. The SMILES string of the molecule is Cc1ccccc1O[PH2]=O.[AlH3]. The highest BCUT2D eigenvalue weighted by Gasteiger charge is 1.92. The summed E-state index contributed by atoms with van der Waals surface area (Å²) in [6.45, 7) is 1.92. The summed E-state index contributed by atoms with van der Waals surface area (Å²) in [6.07, 6.45) is 0. The van der Waals surface area contributed by atoms with Crippen LogP contribution < -0.4 is 4.52 Å². The number of benzene rings is 1. The zero-order chi connectivity index (χ0) is 7.40. The molecule has 0 saturated heterocycles. The maximum Gasteiger partial charge on any atom is 0.225 e. The van der Waals surface area contributed by atoms with Crippen LogP contribution in [0.2, 0.25) is 0 Å². The molecule has 0 heterocycles. The van der Waals surface area contributed by atoms with E-state index < -0.39 is 8.69 Å². The molecule has 0 spiro atoms. The van der Waals surface area contributed by atoms with Gasteiger partial charge in [0.1, 0.15) is 5.75 Å². The predicted octanol–water partition coefficient (Wildman–Crippen LogP) is 0.861. The molecular formula is C7H12AlO2P. The molecule has 0 aliphatic heterocycles. The van der Waals surface area contributed by atoms with Crippen molar-refractivity contribution in [1.82, 2.24) is 0 Å². The van der Waals surface area contributed by atoms with E-state index in [4.69, 9.17) is 4.52 Å². The molecule has 1 aromatic carbocycles. The third-order valence-electron chi connectivity index (χ3n) is 1.27. The number of hydrogen-bond donors (Lipinski definition) is 0. The van der Waals surface area contributed by atoms with E-state index in [0.717, 1.165) is 5.56 Å². The molecule has 0 radical (unpaired) electrons. The number of hydrogen-bond acceptors (Lipinski definition) is 2. The molecule has 11 heavy (non-hydrogen) atoms. The van der Waals surface area contributed by atoms with Gasteiger partial charge < -0.3 is 4.52 Å². The van der Waals surface area contributed by atoms with Gasteiger partial charge in [-0.25, -0.2) is 0 Å². The second kappa shape index (κ2) is 5.44. The van der Waals surface area contributed by atoms with Crippen LogP contribution in [0, 0.1) is 6.92 Å². The summed E-state index contributed by atoms with van der Waals surface area (Å²) in [5, 5.41) is 0. The Kier molecular flexibility index (Phi) is 5.33. The molecule has 0 N–H and O–H groups in total. The molecule has 60 valence electrons. The van der Waals surface area contributed by atoms with E-state index in [1.54, 1.807) is 6.07 Å². The summed E-state index contributed by atoms with van der Waals surface area (Å²) < 4.78 is 15.0. The largest absolute Gasteiger partial charge is 0.447 e. The molecule has 0 saturated carbocycles. The van der Waals surface area contributed by atoms with E-state index in [1.165, 1.54) is 0 Å². The summed E-state index contributed by atoms with van der Waals surface area (Å²) in [7, 11) is -1.14. The average molecular weight is 186 g/mol. The Morgan fingerprint density at radius 2 is 2.00 bits per heavy atom. The third kappa shape index (κ3) is 3.12. The first-order valence-corrected chi connectivity index (χ1v) is 3.95. The maximum atomic E-state index is 10.1. The van der Waals surface area contributed by atoms with Crippen molar-refractivity contribution in [3.8, 4) is 5.75 Å². The smallest absolute Gasteiger partial charge is 0.225 e. The summed E-state index contributed by atoms with van der Waals surface area (Å²) in [5.41, 5.74) is 1.02. The van der Waals surface area contributed by atoms with Gasteiger partial charge in [-0.05, 0) is 18.6 Å². The lowest BCUT2D eigenvalue weighted by Gasteiger charge is -2.00. The Morgan fingerprint density at radius 3 is 2.55 bits per heavy atom. The Morgan fingerprint density at radius 1 is 1.36 bits per heavy atom. The van der Waals surface area contributed by atoms with Crippen molar-refractivity contribution in [2.75, 3.05) is 0 Å². The highest BCUT2D eigenvalue weighted by atomic mass is 31.1. The quantitative estimate of drug-likeness (QED) is 0.505. The van der Waals surface area contributed by atoms with Crippen LogP contribution in [0.4, 0.5) is 0 Å². The highest BCUT2D eigenvalue weighted by molar-refractivity contribution is 7.17.